The first kappa shape index (κ1) is 18.3. The number of fused-ring (bicyclic) bond motifs is 1. The van der Waals surface area contributed by atoms with E-state index in [4.69, 9.17) is 9.47 Å². The molecule has 1 amide bonds. The van der Waals surface area contributed by atoms with Crippen LogP contribution in [-0.4, -0.2) is 33.8 Å². The summed E-state index contributed by atoms with van der Waals surface area (Å²) >= 11 is 0. The van der Waals surface area contributed by atoms with Gasteiger partial charge < -0.3 is 14.8 Å². The smallest absolute Gasteiger partial charge is 0.251 e. The van der Waals surface area contributed by atoms with Crippen molar-refractivity contribution in [1.82, 2.24) is 5.32 Å². The normalized spacial score (nSPS) is 14.0. The molecule has 0 fully saturated rings. The van der Waals surface area contributed by atoms with E-state index in [0.29, 0.717) is 30.3 Å². The minimum absolute atomic E-state index is 0.113. The Morgan fingerprint density at radius 2 is 1.73 bits per heavy atom. The molecule has 2 aromatic rings. The van der Waals surface area contributed by atoms with E-state index in [2.05, 4.69) is 5.32 Å². The van der Waals surface area contributed by atoms with Gasteiger partial charge in [0.25, 0.3) is 5.91 Å². The Labute approximate surface area is 153 Å². The van der Waals surface area contributed by atoms with Crippen LogP contribution in [-0.2, 0) is 15.4 Å². The standard InChI is InChI=1S/C19H21NO5S/c1-19(2,14-7-8-16-17(12-14)25-10-9-24-16)20-18(21)13-5-4-6-15(11-13)26(3,22)23/h4-8,11-12H,9-10H2,1-3H3,(H,20,21). The molecule has 1 aliphatic rings. The maximum absolute atomic E-state index is 12.6. The van der Waals surface area contributed by atoms with Crippen LogP contribution in [0.1, 0.15) is 29.8 Å². The SMILES string of the molecule is CC(C)(NC(=O)c1cccc(S(C)(=O)=O)c1)c1ccc2c(c1)OCCO2. The number of nitrogens with one attached hydrogen (secondary N) is 1. The number of rotatable bonds is 4. The maximum Gasteiger partial charge on any atom is 0.251 e. The van der Waals surface area contributed by atoms with Gasteiger partial charge >= 0.3 is 0 Å². The van der Waals surface area contributed by atoms with Crippen molar-refractivity contribution in [2.45, 2.75) is 24.3 Å². The van der Waals surface area contributed by atoms with Gasteiger partial charge in [0.05, 0.1) is 10.4 Å². The summed E-state index contributed by atoms with van der Waals surface area (Å²) in [5, 5.41) is 2.94. The number of ether oxygens (including phenoxy) is 2. The molecule has 0 radical (unpaired) electrons. The van der Waals surface area contributed by atoms with E-state index in [0.717, 1.165) is 11.8 Å². The molecule has 6 nitrogen and oxygen atoms in total. The van der Waals surface area contributed by atoms with Crippen LogP contribution in [0.2, 0.25) is 0 Å². The molecule has 138 valence electrons. The van der Waals surface area contributed by atoms with Crippen LogP contribution < -0.4 is 14.8 Å². The topological polar surface area (TPSA) is 81.7 Å². The zero-order chi connectivity index (χ0) is 18.9. The monoisotopic (exact) mass is 375 g/mol. The second-order valence-corrected chi connectivity index (χ2v) is 8.75. The summed E-state index contributed by atoms with van der Waals surface area (Å²) in [5.41, 5.74) is 0.460. The molecule has 1 heterocycles. The van der Waals surface area contributed by atoms with E-state index in [-0.39, 0.29) is 10.8 Å². The zero-order valence-corrected chi connectivity index (χ0v) is 15.7. The van der Waals surface area contributed by atoms with Gasteiger partial charge in [-0.25, -0.2) is 8.42 Å². The molecule has 0 saturated carbocycles. The predicted molar refractivity (Wildman–Crippen MR) is 97.5 cm³/mol. The molecule has 0 aromatic heterocycles. The molecule has 0 atom stereocenters. The summed E-state index contributed by atoms with van der Waals surface area (Å²) in [5.74, 6) is 0.980. The third-order valence-electron chi connectivity index (χ3n) is 4.21. The number of benzene rings is 2. The average molecular weight is 375 g/mol. The average Bonchev–Trinajstić information content (AvgIpc) is 2.60. The van der Waals surface area contributed by atoms with Crippen molar-refractivity contribution in [3.05, 3.63) is 53.6 Å². The molecule has 26 heavy (non-hydrogen) atoms. The van der Waals surface area contributed by atoms with Crippen LogP contribution in [0.5, 0.6) is 11.5 Å². The Hall–Kier alpha value is -2.54. The van der Waals surface area contributed by atoms with Crippen molar-refractivity contribution >= 4 is 15.7 Å². The Kier molecular flexibility index (Phi) is 4.66. The van der Waals surface area contributed by atoms with E-state index in [9.17, 15) is 13.2 Å². The van der Waals surface area contributed by atoms with E-state index in [1.807, 2.05) is 32.0 Å². The Morgan fingerprint density at radius 1 is 1.04 bits per heavy atom. The number of carbonyl (C=O) groups is 1. The quantitative estimate of drug-likeness (QED) is 0.888. The highest BCUT2D eigenvalue weighted by molar-refractivity contribution is 7.90. The third-order valence-corrected chi connectivity index (χ3v) is 5.32. The molecule has 7 heteroatoms. The summed E-state index contributed by atoms with van der Waals surface area (Å²) in [6, 6.07) is 11.5. The van der Waals surface area contributed by atoms with E-state index >= 15 is 0 Å². The molecular weight excluding hydrogens is 354 g/mol. The summed E-state index contributed by atoms with van der Waals surface area (Å²) in [6.07, 6.45) is 1.11. The lowest BCUT2D eigenvalue weighted by Crippen LogP contribution is -2.41. The van der Waals surface area contributed by atoms with Gasteiger partial charge in [0, 0.05) is 11.8 Å². The lowest BCUT2D eigenvalue weighted by molar-refractivity contribution is 0.0911. The number of amides is 1. The van der Waals surface area contributed by atoms with Gasteiger partial charge in [-0.3, -0.25) is 4.79 Å². The summed E-state index contributed by atoms with van der Waals surface area (Å²) in [7, 11) is -3.38. The summed E-state index contributed by atoms with van der Waals surface area (Å²) in [4.78, 5) is 12.8. The fourth-order valence-electron chi connectivity index (χ4n) is 2.73. The van der Waals surface area contributed by atoms with Crippen molar-refractivity contribution in [2.24, 2.45) is 0 Å². The molecule has 1 aliphatic heterocycles. The molecule has 2 aromatic carbocycles. The van der Waals surface area contributed by atoms with Crippen LogP contribution in [0, 0.1) is 0 Å². The van der Waals surface area contributed by atoms with Gasteiger partial charge in [0.15, 0.2) is 21.3 Å². The van der Waals surface area contributed by atoms with Crippen molar-refractivity contribution in [3.63, 3.8) is 0 Å². The minimum Gasteiger partial charge on any atom is -0.486 e. The summed E-state index contributed by atoms with van der Waals surface area (Å²) < 4.78 is 34.5. The van der Waals surface area contributed by atoms with Crippen LogP contribution in [0.3, 0.4) is 0 Å². The lowest BCUT2D eigenvalue weighted by Gasteiger charge is -2.29. The van der Waals surface area contributed by atoms with E-state index in [1.165, 1.54) is 12.1 Å². The highest BCUT2D eigenvalue weighted by Gasteiger charge is 2.26. The van der Waals surface area contributed by atoms with Crippen molar-refractivity contribution in [3.8, 4) is 11.5 Å². The van der Waals surface area contributed by atoms with Gasteiger partial charge in [0.2, 0.25) is 0 Å². The molecule has 0 saturated heterocycles. The number of hydrogen-bond acceptors (Lipinski definition) is 5. The first-order chi connectivity index (χ1) is 12.2. The van der Waals surface area contributed by atoms with Crippen LogP contribution in [0.25, 0.3) is 0 Å². The van der Waals surface area contributed by atoms with Crippen molar-refractivity contribution < 1.29 is 22.7 Å². The van der Waals surface area contributed by atoms with Gasteiger partial charge in [0.1, 0.15) is 13.2 Å². The fraction of sp³-hybridized carbons (Fsp3) is 0.316. The van der Waals surface area contributed by atoms with Gasteiger partial charge in [-0.1, -0.05) is 12.1 Å². The van der Waals surface area contributed by atoms with Gasteiger partial charge in [-0.15, -0.1) is 0 Å². The first-order valence-corrected chi connectivity index (χ1v) is 10.1. The Bertz CT molecular complexity index is 950. The van der Waals surface area contributed by atoms with Crippen molar-refractivity contribution in [2.75, 3.05) is 19.5 Å². The third kappa shape index (κ3) is 3.83. The predicted octanol–water partition coefficient (Wildman–Crippen LogP) is 2.53. The zero-order valence-electron chi connectivity index (χ0n) is 14.9. The second-order valence-electron chi connectivity index (χ2n) is 6.74. The maximum atomic E-state index is 12.6. The highest BCUT2D eigenvalue weighted by Crippen LogP contribution is 2.34. The van der Waals surface area contributed by atoms with Crippen LogP contribution >= 0.6 is 0 Å². The molecule has 1 N–H and O–H groups in total. The van der Waals surface area contributed by atoms with E-state index < -0.39 is 15.4 Å². The largest absolute Gasteiger partial charge is 0.486 e. The van der Waals surface area contributed by atoms with Crippen LogP contribution in [0.4, 0.5) is 0 Å². The number of hydrogen-bond donors (Lipinski definition) is 1. The molecule has 0 aliphatic carbocycles. The van der Waals surface area contributed by atoms with Crippen molar-refractivity contribution in [1.29, 1.82) is 0 Å². The Balaban J connectivity index is 1.84. The molecule has 3 rings (SSSR count). The van der Waals surface area contributed by atoms with E-state index in [1.54, 1.807) is 12.1 Å². The second kappa shape index (κ2) is 6.64. The number of sulfone groups is 1. The molecular formula is C19H21NO5S. The molecule has 0 bridgehead atoms. The number of carbonyl (C=O) groups excluding carboxylic acids is 1. The lowest BCUT2D eigenvalue weighted by atomic mass is 9.93. The van der Waals surface area contributed by atoms with Gasteiger partial charge in [-0.2, -0.15) is 0 Å². The van der Waals surface area contributed by atoms with Crippen LogP contribution in [0.15, 0.2) is 47.4 Å². The minimum atomic E-state index is -3.38. The molecule has 0 unspecified atom stereocenters. The molecule has 0 spiro atoms. The highest BCUT2D eigenvalue weighted by atomic mass is 32.2. The van der Waals surface area contributed by atoms with Gasteiger partial charge in [-0.05, 0) is 49.7 Å². The first-order valence-electron chi connectivity index (χ1n) is 8.19. The fourth-order valence-corrected chi connectivity index (χ4v) is 3.40. The summed E-state index contributed by atoms with van der Waals surface area (Å²) in [6.45, 7) is 4.75. The Morgan fingerprint density at radius 3 is 2.42 bits per heavy atom.